The summed E-state index contributed by atoms with van der Waals surface area (Å²) in [4.78, 5) is 28.7. The van der Waals surface area contributed by atoms with E-state index in [1.807, 2.05) is 30.3 Å². The highest BCUT2D eigenvalue weighted by Gasteiger charge is 2.29. The van der Waals surface area contributed by atoms with E-state index in [9.17, 15) is 14.0 Å². The normalized spacial score (nSPS) is 16.1. The van der Waals surface area contributed by atoms with Crippen molar-refractivity contribution in [2.75, 3.05) is 26.7 Å². The van der Waals surface area contributed by atoms with Crippen LogP contribution in [0.15, 0.2) is 54.6 Å². The van der Waals surface area contributed by atoms with E-state index in [2.05, 4.69) is 0 Å². The van der Waals surface area contributed by atoms with E-state index < -0.39 is 6.10 Å². The number of halogens is 1. The molecule has 1 unspecified atom stereocenters. The molecular weight excluding hydrogens is 347 g/mol. The maximum absolute atomic E-state index is 13.4. The summed E-state index contributed by atoms with van der Waals surface area (Å²) in [6, 6.07) is 15.5. The molecule has 1 fully saturated rings. The van der Waals surface area contributed by atoms with Crippen molar-refractivity contribution in [2.45, 2.75) is 19.1 Å². The highest BCUT2D eigenvalue weighted by Crippen LogP contribution is 2.21. The van der Waals surface area contributed by atoms with Crippen molar-refractivity contribution in [3.8, 4) is 0 Å². The molecule has 27 heavy (non-hydrogen) atoms. The number of carbonyl (C=O) groups excluding carboxylic acids is 2. The van der Waals surface area contributed by atoms with Crippen LogP contribution in [-0.4, -0.2) is 48.4 Å². The van der Waals surface area contributed by atoms with Gasteiger partial charge in [0, 0.05) is 39.7 Å². The van der Waals surface area contributed by atoms with Crippen molar-refractivity contribution >= 4 is 11.8 Å². The average molecular weight is 370 g/mol. The Morgan fingerprint density at radius 3 is 2.59 bits per heavy atom. The molecule has 0 N–H and O–H groups in total. The van der Waals surface area contributed by atoms with E-state index in [4.69, 9.17) is 4.74 Å². The lowest BCUT2D eigenvalue weighted by Gasteiger charge is -2.26. The minimum Gasteiger partial charge on any atom is -0.367 e. The number of hydrogen-bond donors (Lipinski definition) is 0. The minimum atomic E-state index is -0.684. The number of carbonyl (C=O) groups is 2. The molecule has 0 saturated carbocycles. The van der Waals surface area contributed by atoms with E-state index in [1.165, 1.54) is 19.2 Å². The lowest BCUT2D eigenvalue weighted by molar-refractivity contribution is -0.142. The lowest BCUT2D eigenvalue weighted by atomic mass is 10.1. The summed E-state index contributed by atoms with van der Waals surface area (Å²) in [5.74, 6) is -0.510. The Labute approximate surface area is 158 Å². The van der Waals surface area contributed by atoms with E-state index >= 15 is 0 Å². The van der Waals surface area contributed by atoms with Crippen LogP contribution in [0, 0.1) is 5.82 Å². The maximum atomic E-state index is 13.4. The molecule has 1 atom stereocenters. The van der Waals surface area contributed by atoms with Crippen LogP contribution in [0.25, 0.3) is 0 Å². The third kappa shape index (κ3) is 4.71. The van der Waals surface area contributed by atoms with Crippen LogP contribution in [0.2, 0.25) is 0 Å². The largest absolute Gasteiger partial charge is 0.367 e. The molecule has 1 aliphatic rings. The standard InChI is InChI=1S/C21H23FN2O3/c1-27-20(17-7-3-2-4-8-17)21(26)23-11-10-19(25)24(13-12-23)15-16-6-5-9-18(22)14-16/h2-9,14,20H,10-13,15H2,1H3. The molecule has 6 heteroatoms. The Morgan fingerprint density at radius 1 is 1.11 bits per heavy atom. The topological polar surface area (TPSA) is 49.9 Å². The quantitative estimate of drug-likeness (QED) is 0.813. The third-order valence-electron chi connectivity index (χ3n) is 4.72. The molecular formula is C21H23FN2O3. The van der Waals surface area contributed by atoms with Crippen LogP contribution >= 0.6 is 0 Å². The van der Waals surface area contributed by atoms with Crippen LogP contribution in [-0.2, 0) is 20.9 Å². The van der Waals surface area contributed by atoms with Crippen molar-refractivity contribution in [1.29, 1.82) is 0 Å². The van der Waals surface area contributed by atoms with Gasteiger partial charge >= 0.3 is 0 Å². The second-order valence-electron chi connectivity index (χ2n) is 6.55. The Balaban J connectivity index is 1.67. The lowest BCUT2D eigenvalue weighted by Crippen LogP contribution is -2.38. The first-order chi connectivity index (χ1) is 13.1. The molecule has 1 saturated heterocycles. The van der Waals surface area contributed by atoms with Crippen LogP contribution in [0.5, 0.6) is 0 Å². The Hall–Kier alpha value is -2.73. The monoisotopic (exact) mass is 370 g/mol. The van der Waals surface area contributed by atoms with Crippen molar-refractivity contribution in [1.82, 2.24) is 9.80 Å². The number of hydrogen-bond acceptors (Lipinski definition) is 3. The fourth-order valence-electron chi connectivity index (χ4n) is 3.28. The van der Waals surface area contributed by atoms with Gasteiger partial charge in [-0.25, -0.2) is 4.39 Å². The SMILES string of the molecule is COC(C(=O)N1CCC(=O)N(Cc2cccc(F)c2)CC1)c1ccccc1. The molecule has 0 bridgehead atoms. The molecule has 0 aromatic heterocycles. The van der Waals surface area contributed by atoms with Gasteiger partial charge in [0.15, 0.2) is 6.10 Å². The zero-order valence-electron chi connectivity index (χ0n) is 15.3. The molecule has 2 amide bonds. The highest BCUT2D eigenvalue weighted by molar-refractivity contribution is 5.84. The molecule has 3 rings (SSSR count). The molecule has 5 nitrogen and oxygen atoms in total. The number of rotatable bonds is 5. The maximum Gasteiger partial charge on any atom is 0.256 e. The van der Waals surface area contributed by atoms with E-state index in [-0.39, 0.29) is 24.1 Å². The summed E-state index contributed by atoms with van der Waals surface area (Å²) in [6.45, 7) is 1.52. The molecule has 1 heterocycles. The van der Waals surface area contributed by atoms with Gasteiger partial charge in [0.05, 0.1) is 0 Å². The van der Waals surface area contributed by atoms with Crippen molar-refractivity contribution in [2.24, 2.45) is 0 Å². The van der Waals surface area contributed by atoms with Gasteiger partial charge in [-0.15, -0.1) is 0 Å². The second kappa shape index (κ2) is 8.77. The number of nitrogens with zero attached hydrogens (tertiary/aromatic N) is 2. The van der Waals surface area contributed by atoms with Crippen molar-refractivity contribution in [3.05, 3.63) is 71.5 Å². The average Bonchev–Trinajstić information content (AvgIpc) is 2.85. The van der Waals surface area contributed by atoms with E-state index in [0.29, 0.717) is 26.2 Å². The second-order valence-corrected chi connectivity index (χ2v) is 6.55. The van der Waals surface area contributed by atoms with Gasteiger partial charge in [0.1, 0.15) is 5.82 Å². The first-order valence-corrected chi connectivity index (χ1v) is 8.97. The molecule has 2 aromatic rings. The predicted octanol–water partition coefficient (Wildman–Crippen LogP) is 2.77. The first-order valence-electron chi connectivity index (χ1n) is 8.97. The zero-order valence-corrected chi connectivity index (χ0v) is 15.3. The fraction of sp³-hybridized carbons (Fsp3) is 0.333. The Kier molecular flexibility index (Phi) is 6.19. The third-order valence-corrected chi connectivity index (χ3v) is 4.72. The Bertz CT molecular complexity index is 797. The molecule has 0 aliphatic carbocycles. The summed E-state index contributed by atoms with van der Waals surface area (Å²) >= 11 is 0. The summed E-state index contributed by atoms with van der Waals surface area (Å²) in [5, 5.41) is 0. The summed E-state index contributed by atoms with van der Waals surface area (Å²) in [6.07, 6.45) is -0.442. The summed E-state index contributed by atoms with van der Waals surface area (Å²) in [5.41, 5.74) is 1.53. The van der Waals surface area contributed by atoms with Crippen LogP contribution in [0.1, 0.15) is 23.7 Å². The first kappa shape index (κ1) is 19.0. The van der Waals surface area contributed by atoms with Gasteiger partial charge in [-0.3, -0.25) is 9.59 Å². The van der Waals surface area contributed by atoms with Gasteiger partial charge in [-0.1, -0.05) is 42.5 Å². The van der Waals surface area contributed by atoms with Crippen molar-refractivity contribution < 1.29 is 18.7 Å². The number of benzene rings is 2. The molecule has 0 radical (unpaired) electrons. The molecule has 0 spiro atoms. The summed E-state index contributed by atoms with van der Waals surface area (Å²) in [7, 11) is 1.51. The number of ether oxygens (including phenoxy) is 1. The molecule has 142 valence electrons. The van der Waals surface area contributed by atoms with Gasteiger partial charge in [0.25, 0.3) is 5.91 Å². The zero-order chi connectivity index (χ0) is 19.2. The van der Waals surface area contributed by atoms with Gasteiger partial charge in [-0.2, -0.15) is 0 Å². The van der Waals surface area contributed by atoms with E-state index in [0.717, 1.165) is 11.1 Å². The van der Waals surface area contributed by atoms with Crippen LogP contribution in [0.3, 0.4) is 0 Å². The highest BCUT2D eigenvalue weighted by atomic mass is 19.1. The van der Waals surface area contributed by atoms with Gasteiger partial charge < -0.3 is 14.5 Å². The predicted molar refractivity (Wildman–Crippen MR) is 99.2 cm³/mol. The minimum absolute atomic E-state index is 0.0387. The van der Waals surface area contributed by atoms with Gasteiger partial charge in [0.2, 0.25) is 5.91 Å². The number of amides is 2. The van der Waals surface area contributed by atoms with Gasteiger partial charge in [-0.05, 0) is 23.3 Å². The van der Waals surface area contributed by atoms with Crippen molar-refractivity contribution in [3.63, 3.8) is 0 Å². The Morgan fingerprint density at radius 2 is 1.89 bits per heavy atom. The fourth-order valence-corrected chi connectivity index (χ4v) is 3.28. The molecule has 2 aromatic carbocycles. The number of methoxy groups -OCH3 is 1. The summed E-state index contributed by atoms with van der Waals surface area (Å²) < 4.78 is 18.8. The molecule has 1 aliphatic heterocycles. The van der Waals surface area contributed by atoms with E-state index in [1.54, 1.807) is 21.9 Å². The smallest absolute Gasteiger partial charge is 0.256 e. The van der Waals surface area contributed by atoms with Crippen LogP contribution in [0.4, 0.5) is 4.39 Å². The van der Waals surface area contributed by atoms with Crippen LogP contribution < -0.4 is 0 Å².